The summed E-state index contributed by atoms with van der Waals surface area (Å²) in [6.07, 6.45) is 8.30. The van der Waals surface area contributed by atoms with Crippen LogP contribution < -0.4 is 10.6 Å². The van der Waals surface area contributed by atoms with E-state index in [9.17, 15) is 9.59 Å². The van der Waals surface area contributed by atoms with Crippen LogP contribution in [-0.2, 0) is 9.53 Å². The van der Waals surface area contributed by atoms with E-state index in [1.807, 2.05) is 27.7 Å². The molecule has 0 radical (unpaired) electrons. The molecule has 5 heteroatoms. The fraction of sp³-hybridized carbons (Fsp3) is 0.900. The normalized spacial score (nSPS) is 30.0. The second-order valence-electron chi connectivity index (χ2n) is 9.54. The minimum Gasteiger partial charge on any atom is -0.444 e. The van der Waals surface area contributed by atoms with Crippen molar-refractivity contribution in [3.63, 3.8) is 0 Å². The Bertz CT molecular complexity index is 508. The van der Waals surface area contributed by atoms with Crippen LogP contribution in [0.5, 0.6) is 0 Å². The first-order valence-corrected chi connectivity index (χ1v) is 9.99. The molecule has 2 N–H and O–H groups in total. The quantitative estimate of drug-likeness (QED) is 0.793. The van der Waals surface area contributed by atoms with Crippen molar-refractivity contribution >= 4 is 12.0 Å². The van der Waals surface area contributed by atoms with E-state index >= 15 is 0 Å². The topological polar surface area (TPSA) is 67.4 Å². The second-order valence-corrected chi connectivity index (χ2v) is 9.54. The highest BCUT2D eigenvalue weighted by Crippen LogP contribution is 2.45. The summed E-state index contributed by atoms with van der Waals surface area (Å²) in [4.78, 5) is 25.4. The van der Waals surface area contributed by atoms with Gasteiger partial charge in [0.1, 0.15) is 5.60 Å². The summed E-state index contributed by atoms with van der Waals surface area (Å²) in [7, 11) is 0. The highest BCUT2D eigenvalue weighted by molar-refractivity contribution is 5.84. The molecule has 3 fully saturated rings. The first kappa shape index (κ1) is 18.5. The third-order valence-corrected chi connectivity index (χ3v) is 5.98. The summed E-state index contributed by atoms with van der Waals surface area (Å²) >= 11 is 0. The molecular weight excluding hydrogens is 316 g/mol. The van der Waals surface area contributed by atoms with Crippen molar-refractivity contribution < 1.29 is 14.3 Å². The maximum absolute atomic E-state index is 13.2. The molecule has 0 bridgehead atoms. The number of hydrogen-bond acceptors (Lipinski definition) is 3. The zero-order valence-corrected chi connectivity index (χ0v) is 16.2. The van der Waals surface area contributed by atoms with Crippen LogP contribution >= 0.6 is 0 Å². The lowest BCUT2D eigenvalue weighted by Gasteiger charge is -2.41. The summed E-state index contributed by atoms with van der Waals surface area (Å²) < 4.78 is 5.41. The Labute approximate surface area is 151 Å². The van der Waals surface area contributed by atoms with E-state index < -0.39 is 17.1 Å². The molecule has 0 aliphatic heterocycles. The lowest BCUT2D eigenvalue weighted by molar-refractivity contribution is -0.134. The molecule has 0 aromatic heterocycles. The Morgan fingerprint density at radius 1 is 1.04 bits per heavy atom. The maximum atomic E-state index is 13.2. The van der Waals surface area contributed by atoms with Gasteiger partial charge in [0.05, 0.1) is 5.41 Å². The summed E-state index contributed by atoms with van der Waals surface area (Å²) in [5.74, 6) is 1.49. The van der Waals surface area contributed by atoms with E-state index in [2.05, 4.69) is 10.6 Å². The highest BCUT2D eigenvalue weighted by atomic mass is 16.6. The lowest BCUT2D eigenvalue weighted by atomic mass is 9.70. The Kier molecular flexibility index (Phi) is 5.04. The fourth-order valence-electron chi connectivity index (χ4n) is 4.13. The second kappa shape index (κ2) is 6.81. The van der Waals surface area contributed by atoms with E-state index in [4.69, 9.17) is 4.74 Å². The average molecular weight is 351 g/mol. The van der Waals surface area contributed by atoms with Gasteiger partial charge >= 0.3 is 6.09 Å². The van der Waals surface area contributed by atoms with Gasteiger partial charge in [0.2, 0.25) is 5.91 Å². The van der Waals surface area contributed by atoms with Crippen molar-refractivity contribution in [1.82, 2.24) is 10.6 Å². The maximum Gasteiger partial charge on any atom is 0.407 e. The van der Waals surface area contributed by atoms with E-state index in [1.165, 1.54) is 25.7 Å². The van der Waals surface area contributed by atoms with Crippen LogP contribution in [0.4, 0.5) is 4.79 Å². The van der Waals surface area contributed by atoms with Gasteiger partial charge in [-0.1, -0.05) is 12.8 Å². The van der Waals surface area contributed by atoms with Gasteiger partial charge in [-0.25, -0.2) is 4.79 Å². The molecule has 0 aromatic rings. The average Bonchev–Trinajstić information content (AvgIpc) is 3.37. The Morgan fingerprint density at radius 2 is 1.64 bits per heavy atom. The molecule has 3 rings (SSSR count). The highest BCUT2D eigenvalue weighted by Gasteiger charge is 2.48. The molecule has 2 amide bonds. The molecule has 3 saturated carbocycles. The molecular formula is C20H34N2O3. The van der Waals surface area contributed by atoms with Crippen molar-refractivity contribution in [3.8, 4) is 0 Å². The Balaban J connectivity index is 1.64. The first-order chi connectivity index (χ1) is 11.7. The minimum absolute atomic E-state index is 0.122. The van der Waals surface area contributed by atoms with Crippen molar-refractivity contribution in [1.29, 1.82) is 0 Å². The van der Waals surface area contributed by atoms with Gasteiger partial charge in [0.15, 0.2) is 0 Å². The molecule has 3 aliphatic rings. The standard InChI is InChI=1S/C20H34N2O3/c1-19(2,3)25-18(24)21-15-7-5-6-12-20(15,4)17(23)22-16(13-8-9-13)14-10-11-14/h13-16H,5-12H2,1-4H3,(H,21,24)(H,22,23)/t15-,20-/m1/s1. The summed E-state index contributed by atoms with van der Waals surface area (Å²) in [5.41, 5.74) is -1.07. The molecule has 0 aromatic carbocycles. The smallest absolute Gasteiger partial charge is 0.407 e. The van der Waals surface area contributed by atoms with Gasteiger partial charge in [0, 0.05) is 12.1 Å². The molecule has 5 nitrogen and oxygen atoms in total. The number of carbonyl (C=O) groups excluding carboxylic acids is 2. The number of amides is 2. The van der Waals surface area contributed by atoms with Crippen LogP contribution in [0, 0.1) is 17.3 Å². The van der Waals surface area contributed by atoms with Crippen LogP contribution in [0.25, 0.3) is 0 Å². The molecule has 2 atom stereocenters. The lowest BCUT2D eigenvalue weighted by Crippen LogP contribution is -2.57. The van der Waals surface area contributed by atoms with Crippen molar-refractivity contribution in [3.05, 3.63) is 0 Å². The van der Waals surface area contributed by atoms with Gasteiger partial charge in [0.25, 0.3) is 0 Å². The van der Waals surface area contributed by atoms with E-state index in [-0.39, 0.29) is 11.9 Å². The Morgan fingerprint density at radius 3 is 2.16 bits per heavy atom. The fourth-order valence-corrected chi connectivity index (χ4v) is 4.13. The van der Waals surface area contributed by atoms with Crippen LogP contribution in [0.15, 0.2) is 0 Å². The van der Waals surface area contributed by atoms with Gasteiger partial charge in [-0.15, -0.1) is 0 Å². The molecule has 25 heavy (non-hydrogen) atoms. The van der Waals surface area contributed by atoms with Crippen LogP contribution in [0.2, 0.25) is 0 Å². The summed E-state index contributed by atoms with van der Waals surface area (Å²) in [6.45, 7) is 7.58. The number of alkyl carbamates (subject to hydrolysis) is 1. The number of rotatable bonds is 5. The van der Waals surface area contributed by atoms with Gasteiger partial charge in [-0.3, -0.25) is 4.79 Å². The van der Waals surface area contributed by atoms with Crippen molar-refractivity contribution in [2.45, 2.75) is 96.7 Å². The number of nitrogens with one attached hydrogen (secondary N) is 2. The van der Waals surface area contributed by atoms with E-state index in [0.717, 1.165) is 25.7 Å². The van der Waals surface area contributed by atoms with Gasteiger partial charge < -0.3 is 15.4 Å². The third-order valence-electron chi connectivity index (χ3n) is 5.98. The predicted octanol–water partition coefficient (Wildman–Crippen LogP) is 3.76. The zero-order valence-electron chi connectivity index (χ0n) is 16.2. The minimum atomic E-state index is -0.544. The van der Waals surface area contributed by atoms with Crippen molar-refractivity contribution in [2.24, 2.45) is 17.3 Å². The zero-order chi connectivity index (χ0) is 18.2. The molecule has 0 unspecified atom stereocenters. The van der Waals surface area contributed by atoms with E-state index in [0.29, 0.717) is 17.9 Å². The molecule has 3 aliphatic carbocycles. The molecule has 0 heterocycles. The van der Waals surface area contributed by atoms with Crippen LogP contribution in [0.3, 0.4) is 0 Å². The summed E-state index contributed by atoms with van der Waals surface area (Å²) in [5, 5.41) is 6.36. The van der Waals surface area contributed by atoms with Gasteiger partial charge in [-0.05, 0) is 78.1 Å². The number of ether oxygens (including phenoxy) is 1. The largest absolute Gasteiger partial charge is 0.444 e. The first-order valence-electron chi connectivity index (χ1n) is 9.99. The van der Waals surface area contributed by atoms with Crippen LogP contribution in [0.1, 0.15) is 79.1 Å². The van der Waals surface area contributed by atoms with Crippen LogP contribution in [-0.4, -0.2) is 29.7 Å². The Hall–Kier alpha value is -1.26. The SMILES string of the molecule is CC(C)(C)OC(=O)N[C@@H]1CCCC[C@@]1(C)C(=O)NC(C1CC1)C1CC1. The number of carbonyl (C=O) groups is 2. The molecule has 0 spiro atoms. The van der Waals surface area contributed by atoms with E-state index in [1.54, 1.807) is 0 Å². The third kappa shape index (κ3) is 4.68. The van der Waals surface area contributed by atoms with Crippen molar-refractivity contribution in [2.75, 3.05) is 0 Å². The summed E-state index contributed by atoms with van der Waals surface area (Å²) in [6, 6.07) is 0.198. The predicted molar refractivity (Wildman–Crippen MR) is 97.1 cm³/mol. The monoisotopic (exact) mass is 350 g/mol. The van der Waals surface area contributed by atoms with Gasteiger partial charge in [-0.2, -0.15) is 0 Å². The molecule has 0 saturated heterocycles. The number of hydrogen-bond donors (Lipinski definition) is 2. The molecule has 142 valence electrons.